The molecule has 1 fully saturated rings. The van der Waals surface area contributed by atoms with Crippen LogP contribution in [0.5, 0.6) is 0 Å². The van der Waals surface area contributed by atoms with Crippen LogP contribution in [0, 0.1) is 0 Å². The van der Waals surface area contributed by atoms with E-state index in [2.05, 4.69) is 14.9 Å². The Morgan fingerprint density at radius 2 is 1.88 bits per heavy atom. The summed E-state index contributed by atoms with van der Waals surface area (Å²) in [5.41, 5.74) is 1.77. The maximum absolute atomic E-state index is 13.6. The summed E-state index contributed by atoms with van der Waals surface area (Å²) in [6, 6.07) is 12.9. The number of hydrogen-bond acceptors (Lipinski definition) is 3. The van der Waals surface area contributed by atoms with Crippen molar-refractivity contribution in [1.29, 1.82) is 0 Å². The molecule has 0 N–H and O–H groups in total. The van der Waals surface area contributed by atoms with E-state index in [0.29, 0.717) is 24.1 Å². The topological polar surface area (TPSA) is 34.0 Å². The van der Waals surface area contributed by atoms with Crippen LogP contribution >= 0.6 is 0 Å². The fourth-order valence-corrected chi connectivity index (χ4v) is 3.70. The highest BCUT2D eigenvalue weighted by molar-refractivity contribution is 5.71. The van der Waals surface area contributed by atoms with Crippen LogP contribution in [0.25, 0.3) is 11.2 Å². The molecular formula is C19H19F3N4. The van der Waals surface area contributed by atoms with Crippen LogP contribution < -0.4 is 0 Å². The molecule has 7 heteroatoms. The van der Waals surface area contributed by atoms with Crippen LogP contribution in [0.4, 0.5) is 13.2 Å². The number of piperidine rings is 1. The number of rotatable bonds is 3. The van der Waals surface area contributed by atoms with E-state index in [4.69, 9.17) is 0 Å². The number of halogens is 3. The van der Waals surface area contributed by atoms with E-state index in [0.717, 1.165) is 25.1 Å². The summed E-state index contributed by atoms with van der Waals surface area (Å²) in [6.45, 7) is 2.17. The molecule has 4 nitrogen and oxygen atoms in total. The first-order chi connectivity index (χ1) is 12.5. The molecule has 0 unspecified atom stereocenters. The quantitative estimate of drug-likeness (QED) is 0.699. The van der Waals surface area contributed by atoms with Gasteiger partial charge in [-0.1, -0.05) is 30.3 Å². The first-order valence-corrected chi connectivity index (χ1v) is 8.69. The Bertz CT molecular complexity index is 889. The number of fused-ring (bicyclic) bond motifs is 1. The lowest BCUT2D eigenvalue weighted by molar-refractivity contribution is -0.148. The highest BCUT2D eigenvalue weighted by atomic mass is 19.4. The Morgan fingerprint density at radius 1 is 1.08 bits per heavy atom. The number of aromatic nitrogens is 3. The molecule has 136 valence electrons. The molecule has 26 heavy (non-hydrogen) atoms. The minimum atomic E-state index is -4.50. The van der Waals surface area contributed by atoms with Crippen molar-refractivity contribution in [2.75, 3.05) is 13.1 Å². The van der Waals surface area contributed by atoms with Crippen molar-refractivity contribution >= 4 is 11.2 Å². The molecular weight excluding hydrogens is 341 g/mol. The number of pyridine rings is 1. The normalized spacial score (nSPS) is 19.1. The number of imidazole rings is 1. The Balaban J connectivity index is 1.66. The molecule has 0 spiro atoms. The number of benzene rings is 1. The summed E-state index contributed by atoms with van der Waals surface area (Å²) in [5, 5.41) is 0. The van der Waals surface area contributed by atoms with Gasteiger partial charge in [0, 0.05) is 25.3 Å². The van der Waals surface area contributed by atoms with Crippen molar-refractivity contribution in [3.8, 4) is 0 Å². The van der Waals surface area contributed by atoms with Gasteiger partial charge in [-0.2, -0.15) is 13.2 Å². The average molecular weight is 360 g/mol. The van der Waals surface area contributed by atoms with E-state index in [1.807, 2.05) is 30.3 Å². The minimum Gasteiger partial charge on any atom is -0.301 e. The number of hydrogen-bond donors (Lipinski definition) is 0. The van der Waals surface area contributed by atoms with Crippen molar-refractivity contribution in [3.63, 3.8) is 0 Å². The van der Waals surface area contributed by atoms with Crippen molar-refractivity contribution in [2.24, 2.45) is 0 Å². The molecule has 3 heterocycles. The van der Waals surface area contributed by atoms with Gasteiger partial charge in [-0.25, -0.2) is 9.97 Å². The molecule has 0 bridgehead atoms. The van der Waals surface area contributed by atoms with Crippen LogP contribution in [0.2, 0.25) is 0 Å². The Morgan fingerprint density at radius 3 is 2.65 bits per heavy atom. The van der Waals surface area contributed by atoms with Gasteiger partial charge in [0.1, 0.15) is 5.52 Å². The summed E-state index contributed by atoms with van der Waals surface area (Å²) in [4.78, 5) is 10.2. The van der Waals surface area contributed by atoms with Crippen LogP contribution in [0.15, 0.2) is 48.7 Å². The fourth-order valence-electron chi connectivity index (χ4n) is 3.70. The van der Waals surface area contributed by atoms with Gasteiger partial charge < -0.3 is 4.57 Å². The number of alkyl halides is 3. The van der Waals surface area contributed by atoms with Crippen LogP contribution in [-0.2, 0) is 12.7 Å². The lowest BCUT2D eigenvalue weighted by Crippen LogP contribution is -2.37. The van der Waals surface area contributed by atoms with Crippen LogP contribution in [0.1, 0.15) is 30.3 Å². The minimum absolute atomic E-state index is 0.288. The second-order valence-corrected chi connectivity index (χ2v) is 6.67. The molecule has 1 aliphatic rings. The van der Waals surface area contributed by atoms with E-state index >= 15 is 0 Å². The fraction of sp³-hybridized carbons (Fsp3) is 0.368. The van der Waals surface area contributed by atoms with Gasteiger partial charge in [-0.05, 0) is 37.1 Å². The Labute approximate surface area is 149 Å². The lowest BCUT2D eigenvalue weighted by Gasteiger charge is -2.34. The second-order valence-electron chi connectivity index (χ2n) is 6.67. The predicted molar refractivity (Wildman–Crippen MR) is 92.5 cm³/mol. The summed E-state index contributed by atoms with van der Waals surface area (Å²) in [5.74, 6) is -0.849. The SMILES string of the molecule is FC(F)(F)c1nc2cccnc2n1[C@H]1CCCN(Cc2ccccc2)C1. The molecule has 0 saturated carbocycles. The highest BCUT2D eigenvalue weighted by Crippen LogP contribution is 2.35. The molecule has 0 radical (unpaired) electrons. The van der Waals surface area contributed by atoms with Crippen molar-refractivity contribution in [2.45, 2.75) is 31.6 Å². The predicted octanol–water partition coefficient (Wildman–Crippen LogP) is 4.29. The molecule has 3 aromatic rings. The molecule has 4 rings (SSSR count). The molecule has 1 aliphatic heterocycles. The smallest absolute Gasteiger partial charge is 0.301 e. The summed E-state index contributed by atoms with van der Waals surface area (Å²) < 4.78 is 42.0. The van der Waals surface area contributed by atoms with Gasteiger partial charge in [-0.15, -0.1) is 0 Å². The van der Waals surface area contributed by atoms with Crippen LogP contribution in [0.3, 0.4) is 0 Å². The highest BCUT2D eigenvalue weighted by Gasteiger charge is 2.40. The van der Waals surface area contributed by atoms with Crippen molar-refractivity contribution < 1.29 is 13.2 Å². The van der Waals surface area contributed by atoms with Gasteiger partial charge in [0.05, 0.1) is 0 Å². The van der Waals surface area contributed by atoms with E-state index in [1.165, 1.54) is 10.8 Å². The van der Waals surface area contributed by atoms with Gasteiger partial charge >= 0.3 is 6.18 Å². The van der Waals surface area contributed by atoms with Gasteiger partial charge in [-0.3, -0.25) is 4.90 Å². The summed E-state index contributed by atoms with van der Waals surface area (Å²) in [6.07, 6.45) is -1.44. The standard InChI is InChI=1S/C19H19F3N4/c20-19(21,22)18-24-16-9-4-10-23-17(16)26(18)15-8-5-11-25(13-15)12-14-6-2-1-3-7-14/h1-4,6-7,9-10,15H,5,8,11-13H2/t15-/m0/s1. The van der Waals surface area contributed by atoms with Gasteiger partial charge in [0.15, 0.2) is 5.65 Å². The second kappa shape index (κ2) is 6.72. The van der Waals surface area contributed by atoms with Gasteiger partial charge in [0.25, 0.3) is 0 Å². The summed E-state index contributed by atoms with van der Waals surface area (Å²) in [7, 11) is 0. The van der Waals surface area contributed by atoms with Crippen molar-refractivity contribution in [1.82, 2.24) is 19.4 Å². The number of likely N-dealkylation sites (tertiary alicyclic amines) is 1. The molecule has 2 aromatic heterocycles. The van der Waals surface area contributed by atoms with E-state index < -0.39 is 12.0 Å². The molecule has 0 amide bonds. The first kappa shape index (κ1) is 17.0. The third-order valence-corrected chi connectivity index (χ3v) is 4.80. The zero-order valence-corrected chi connectivity index (χ0v) is 14.2. The van der Waals surface area contributed by atoms with E-state index in [-0.39, 0.29) is 6.04 Å². The van der Waals surface area contributed by atoms with Crippen LogP contribution in [-0.4, -0.2) is 32.5 Å². The molecule has 1 saturated heterocycles. The summed E-state index contributed by atoms with van der Waals surface area (Å²) >= 11 is 0. The largest absolute Gasteiger partial charge is 0.449 e. The maximum Gasteiger partial charge on any atom is 0.449 e. The average Bonchev–Trinajstić information content (AvgIpc) is 3.03. The third kappa shape index (κ3) is 3.31. The van der Waals surface area contributed by atoms with E-state index in [1.54, 1.807) is 12.1 Å². The zero-order chi connectivity index (χ0) is 18.1. The zero-order valence-electron chi connectivity index (χ0n) is 14.2. The first-order valence-electron chi connectivity index (χ1n) is 8.69. The Kier molecular flexibility index (Phi) is 4.40. The van der Waals surface area contributed by atoms with E-state index in [9.17, 15) is 13.2 Å². The molecule has 0 aliphatic carbocycles. The lowest BCUT2D eigenvalue weighted by atomic mass is 10.0. The van der Waals surface area contributed by atoms with Gasteiger partial charge in [0.2, 0.25) is 5.82 Å². The molecule has 1 atom stereocenters. The monoisotopic (exact) mass is 360 g/mol. The maximum atomic E-state index is 13.6. The number of nitrogens with zero attached hydrogens (tertiary/aromatic N) is 4. The Hall–Kier alpha value is -2.41. The molecule has 1 aromatic carbocycles. The van der Waals surface area contributed by atoms with Crippen molar-refractivity contribution in [3.05, 3.63) is 60.0 Å². The third-order valence-electron chi connectivity index (χ3n) is 4.80.